The van der Waals surface area contributed by atoms with Crippen molar-refractivity contribution in [1.29, 1.82) is 5.26 Å². The number of nitriles is 1. The summed E-state index contributed by atoms with van der Waals surface area (Å²) in [4.78, 5) is 44.4. The molecule has 4 N–H and O–H groups in total. The molecular weight excluding hydrogens is 574 g/mol. The lowest BCUT2D eigenvalue weighted by Crippen LogP contribution is -2.45. The maximum Gasteiger partial charge on any atom is 0.328 e. The van der Waals surface area contributed by atoms with Crippen molar-refractivity contribution in [3.8, 4) is 6.07 Å². The number of hydrogen-bond acceptors (Lipinski definition) is 8. The van der Waals surface area contributed by atoms with Crippen molar-refractivity contribution in [3.63, 3.8) is 0 Å². The van der Waals surface area contributed by atoms with Crippen molar-refractivity contribution in [3.05, 3.63) is 89.5 Å². The monoisotopic (exact) mass is 609 g/mol. The molecule has 0 saturated carbocycles. The molecule has 1 fully saturated rings. The van der Waals surface area contributed by atoms with Crippen LogP contribution in [0.15, 0.2) is 77.7 Å². The highest BCUT2D eigenvalue weighted by Crippen LogP contribution is 2.46. The van der Waals surface area contributed by atoms with Crippen LogP contribution in [0.25, 0.3) is 0 Å². The second-order valence-corrected chi connectivity index (χ2v) is 10.7. The highest BCUT2D eigenvalue weighted by molar-refractivity contribution is 7.98. The number of thioether (sulfide) groups is 1. The minimum Gasteiger partial charge on any atom is -0.478 e. The Hall–Kier alpha value is -4.44. The smallest absolute Gasteiger partial charge is 0.328 e. The van der Waals surface area contributed by atoms with Gasteiger partial charge in [0.2, 0.25) is 0 Å². The van der Waals surface area contributed by atoms with Crippen molar-refractivity contribution in [1.82, 2.24) is 9.80 Å². The molecule has 4 rings (SSSR count). The first-order chi connectivity index (χ1) is 20.5. The van der Waals surface area contributed by atoms with E-state index in [0.717, 1.165) is 51.3 Å². The summed E-state index contributed by atoms with van der Waals surface area (Å²) in [5.74, 6) is -4.09. The molecule has 1 unspecified atom stereocenters. The van der Waals surface area contributed by atoms with E-state index in [2.05, 4.69) is 71.4 Å². The van der Waals surface area contributed by atoms with Crippen LogP contribution in [-0.4, -0.2) is 93.9 Å². The summed E-state index contributed by atoms with van der Waals surface area (Å²) in [7, 11) is 2.19. The SMILES string of the molecule is CN1CCN(CCCC2(C#N)c3ccccc3CSc3ccccc32)CC1.O=C(O)/C=C\C(=O)O.O=C(O)/C=C\C(=O)O. The van der Waals surface area contributed by atoms with Gasteiger partial charge in [0.15, 0.2) is 0 Å². The van der Waals surface area contributed by atoms with Gasteiger partial charge in [-0.05, 0) is 49.2 Å². The first kappa shape index (κ1) is 34.8. The molecular formula is C31H35N3O8S. The quantitative estimate of drug-likeness (QED) is 0.320. The lowest BCUT2D eigenvalue weighted by atomic mass is 9.71. The van der Waals surface area contributed by atoms with Crippen LogP contribution in [0.5, 0.6) is 0 Å². The molecule has 12 heteroatoms. The highest BCUT2D eigenvalue weighted by Gasteiger charge is 2.39. The molecule has 2 aliphatic heterocycles. The number of carboxylic acid groups (broad SMARTS) is 4. The Bertz CT molecular complexity index is 1260. The summed E-state index contributed by atoms with van der Waals surface area (Å²) in [5, 5.41) is 41.7. The third kappa shape index (κ3) is 11.4. The zero-order chi connectivity index (χ0) is 31.8. The number of carbonyl (C=O) groups is 4. The number of nitrogens with zero attached hydrogens (tertiary/aromatic N) is 3. The lowest BCUT2D eigenvalue weighted by molar-refractivity contribution is -0.134. The molecule has 0 amide bonds. The maximum absolute atomic E-state index is 10.5. The molecule has 0 radical (unpaired) electrons. The Labute approximate surface area is 254 Å². The van der Waals surface area contributed by atoms with Crippen molar-refractivity contribution in [2.24, 2.45) is 0 Å². The molecule has 1 saturated heterocycles. The van der Waals surface area contributed by atoms with E-state index in [1.54, 1.807) is 0 Å². The Morgan fingerprint density at radius 3 is 1.81 bits per heavy atom. The van der Waals surface area contributed by atoms with E-state index in [1.165, 1.54) is 21.6 Å². The number of carboxylic acids is 4. The largest absolute Gasteiger partial charge is 0.478 e. The van der Waals surface area contributed by atoms with E-state index in [0.29, 0.717) is 24.3 Å². The van der Waals surface area contributed by atoms with E-state index >= 15 is 0 Å². The number of benzene rings is 2. The molecule has 1 atom stereocenters. The Kier molecular flexibility index (Phi) is 14.1. The third-order valence-corrected chi connectivity index (χ3v) is 7.88. The van der Waals surface area contributed by atoms with E-state index < -0.39 is 29.3 Å². The van der Waals surface area contributed by atoms with Gasteiger partial charge in [-0.3, -0.25) is 0 Å². The van der Waals surface area contributed by atoms with Gasteiger partial charge in [0.1, 0.15) is 5.41 Å². The fourth-order valence-electron chi connectivity index (χ4n) is 4.68. The summed E-state index contributed by atoms with van der Waals surface area (Å²) >= 11 is 1.86. The van der Waals surface area contributed by atoms with Gasteiger partial charge >= 0.3 is 23.9 Å². The molecule has 2 aromatic rings. The van der Waals surface area contributed by atoms with E-state index in [-0.39, 0.29) is 0 Å². The van der Waals surface area contributed by atoms with Crippen molar-refractivity contribution < 1.29 is 39.6 Å². The molecule has 43 heavy (non-hydrogen) atoms. The Morgan fingerprint density at radius 1 is 0.814 bits per heavy atom. The number of piperazine rings is 1. The van der Waals surface area contributed by atoms with Crippen molar-refractivity contribution >= 4 is 35.6 Å². The predicted molar refractivity (Wildman–Crippen MR) is 161 cm³/mol. The van der Waals surface area contributed by atoms with Crippen LogP contribution in [0, 0.1) is 11.3 Å². The van der Waals surface area contributed by atoms with Gasteiger partial charge < -0.3 is 30.2 Å². The molecule has 0 aromatic heterocycles. The average Bonchev–Trinajstić information content (AvgIpc) is 3.12. The molecule has 2 aromatic carbocycles. The molecule has 0 spiro atoms. The topological polar surface area (TPSA) is 179 Å². The van der Waals surface area contributed by atoms with Gasteiger partial charge in [0, 0.05) is 61.1 Å². The van der Waals surface area contributed by atoms with Gasteiger partial charge in [-0.25, -0.2) is 19.2 Å². The van der Waals surface area contributed by atoms with Crippen LogP contribution in [0.1, 0.15) is 29.5 Å². The van der Waals surface area contributed by atoms with E-state index in [9.17, 15) is 24.4 Å². The summed E-state index contributed by atoms with van der Waals surface area (Å²) in [5.41, 5.74) is 3.17. The minimum absolute atomic E-state index is 0.538. The fraction of sp³-hybridized carbons (Fsp3) is 0.323. The second kappa shape index (κ2) is 17.5. The second-order valence-electron chi connectivity index (χ2n) is 9.73. The van der Waals surface area contributed by atoms with Crippen LogP contribution in [0.2, 0.25) is 0 Å². The van der Waals surface area contributed by atoms with E-state index in [4.69, 9.17) is 20.4 Å². The number of fused-ring (bicyclic) bond motifs is 2. The van der Waals surface area contributed by atoms with Crippen LogP contribution >= 0.6 is 11.8 Å². The zero-order valence-electron chi connectivity index (χ0n) is 23.8. The fourth-order valence-corrected chi connectivity index (χ4v) is 5.81. The van der Waals surface area contributed by atoms with E-state index in [1.807, 2.05) is 11.8 Å². The molecule has 11 nitrogen and oxygen atoms in total. The highest BCUT2D eigenvalue weighted by atomic mass is 32.2. The number of rotatable bonds is 8. The summed E-state index contributed by atoms with van der Waals surface area (Å²) < 4.78 is 0. The number of aliphatic carboxylic acids is 4. The molecule has 2 aliphatic rings. The van der Waals surface area contributed by atoms with Crippen LogP contribution in [-0.2, 0) is 30.3 Å². The maximum atomic E-state index is 10.5. The Morgan fingerprint density at radius 2 is 1.30 bits per heavy atom. The van der Waals surface area contributed by atoms with Gasteiger partial charge in [-0.2, -0.15) is 5.26 Å². The van der Waals surface area contributed by atoms with Crippen molar-refractivity contribution in [2.75, 3.05) is 39.8 Å². The van der Waals surface area contributed by atoms with Crippen LogP contribution < -0.4 is 0 Å². The summed E-state index contributed by atoms with van der Waals surface area (Å²) in [6.45, 7) is 5.64. The van der Waals surface area contributed by atoms with Gasteiger partial charge in [-0.1, -0.05) is 42.5 Å². The van der Waals surface area contributed by atoms with Crippen LogP contribution in [0.4, 0.5) is 0 Å². The zero-order valence-corrected chi connectivity index (χ0v) is 24.6. The molecule has 0 aliphatic carbocycles. The summed E-state index contributed by atoms with van der Waals surface area (Å²) in [6, 6.07) is 19.9. The first-order valence-corrected chi connectivity index (χ1v) is 14.4. The van der Waals surface area contributed by atoms with Gasteiger partial charge in [-0.15, -0.1) is 11.8 Å². The van der Waals surface area contributed by atoms with Crippen molar-refractivity contribution in [2.45, 2.75) is 28.9 Å². The molecule has 0 bridgehead atoms. The summed E-state index contributed by atoms with van der Waals surface area (Å²) in [6.07, 6.45) is 4.16. The van der Waals surface area contributed by atoms with Gasteiger partial charge in [0.25, 0.3) is 0 Å². The first-order valence-electron chi connectivity index (χ1n) is 13.4. The average molecular weight is 610 g/mol. The lowest BCUT2D eigenvalue weighted by Gasteiger charge is -2.34. The standard InChI is InChI=1S/C23H27N3S.2C4H4O4/c1-25-13-15-26(16-14-25)12-6-11-23(18-24)20-8-3-2-7-19(20)17-27-22-10-5-4-9-21(22)23;2*5-3(6)1-2-4(7)8/h2-5,7-10H,6,11-17H2,1H3;2*1-2H,(H,5,6)(H,7,8)/b;2*2-1-. The predicted octanol–water partition coefficient (Wildman–Crippen LogP) is 3.55. The number of likely N-dealkylation sites (N-methyl/N-ethyl adjacent to an activating group) is 1. The Balaban J connectivity index is 0.000000334. The molecule has 2 heterocycles. The molecule has 228 valence electrons. The van der Waals surface area contributed by atoms with Crippen LogP contribution in [0.3, 0.4) is 0 Å². The minimum atomic E-state index is -1.26. The third-order valence-electron chi connectivity index (χ3n) is 6.76. The van der Waals surface area contributed by atoms with Gasteiger partial charge in [0.05, 0.1) is 6.07 Å². The normalized spacial score (nSPS) is 18.0. The number of hydrogen-bond donors (Lipinski definition) is 4.